The molecule has 0 aliphatic carbocycles. The number of hydrogen-bond acceptors (Lipinski definition) is 2. The van der Waals surface area contributed by atoms with E-state index in [1.807, 2.05) is 0 Å². The smallest absolute Gasteiger partial charge is 0.0332 e. The molecule has 1 heterocycles. The Hall–Kier alpha value is -0.470. The van der Waals surface area contributed by atoms with Crippen molar-refractivity contribution in [2.45, 2.75) is 17.4 Å². The van der Waals surface area contributed by atoms with Crippen molar-refractivity contribution in [1.29, 1.82) is 0 Å². The summed E-state index contributed by atoms with van der Waals surface area (Å²) in [5.74, 6) is 0. The lowest BCUT2D eigenvalue weighted by Gasteiger charge is -2.28. The molecular formula is C10H13NS. The molecule has 1 N–H and O–H groups in total. The molecule has 1 fully saturated rings. The highest BCUT2D eigenvalue weighted by Crippen LogP contribution is 2.24. The molecular weight excluding hydrogens is 166 g/mol. The third-order valence-corrected chi connectivity index (χ3v) is 3.09. The molecule has 2 heteroatoms. The first-order valence-corrected chi connectivity index (χ1v) is 5.50. The highest BCUT2D eigenvalue weighted by atomic mass is 32.2. The minimum absolute atomic E-state index is 0.626. The van der Waals surface area contributed by atoms with Crippen LogP contribution < -0.4 is 5.32 Å². The number of rotatable bonds is 2. The van der Waals surface area contributed by atoms with Crippen molar-refractivity contribution in [3.05, 3.63) is 29.8 Å². The lowest BCUT2D eigenvalue weighted by atomic mass is 9.98. The normalized spacial score (nSPS) is 21.9. The van der Waals surface area contributed by atoms with E-state index >= 15 is 0 Å². The summed E-state index contributed by atoms with van der Waals surface area (Å²) in [6.45, 7) is 1.18. The van der Waals surface area contributed by atoms with Gasteiger partial charge in [0.05, 0.1) is 0 Å². The van der Waals surface area contributed by atoms with Gasteiger partial charge in [-0.25, -0.2) is 0 Å². The Bertz CT molecular complexity index is 251. The Balaban J connectivity index is 2.13. The Kier molecular flexibility index (Phi) is 2.38. The van der Waals surface area contributed by atoms with Gasteiger partial charge in [0.2, 0.25) is 0 Å². The van der Waals surface area contributed by atoms with Crippen LogP contribution >= 0.6 is 11.8 Å². The molecule has 0 aromatic heterocycles. The van der Waals surface area contributed by atoms with Crippen LogP contribution in [0.2, 0.25) is 0 Å². The zero-order valence-electron chi connectivity index (χ0n) is 7.21. The van der Waals surface area contributed by atoms with Crippen LogP contribution in [0.25, 0.3) is 0 Å². The van der Waals surface area contributed by atoms with Gasteiger partial charge in [0, 0.05) is 10.9 Å². The van der Waals surface area contributed by atoms with Gasteiger partial charge >= 0.3 is 0 Å². The summed E-state index contributed by atoms with van der Waals surface area (Å²) in [6.07, 6.45) is 3.40. The summed E-state index contributed by atoms with van der Waals surface area (Å²) < 4.78 is 0. The van der Waals surface area contributed by atoms with Crippen LogP contribution in [0, 0.1) is 0 Å². The van der Waals surface area contributed by atoms with Crippen molar-refractivity contribution in [1.82, 2.24) is 5.32 Å². The third-order valence-electron chi connectivity index (χ3n) is 2.34. The lowest BCUT2D eigenvalue weighted by Crippen LogP contribution is -2.34. The largest absolute Gasteiger partial charge is 0.310 e. The lowest BCUT2D eigenvalue weighted by molar-refractivity contribution is 0.383. The maximum absolute atomic E-state index is 3.39. The zero-order chi connectivity index (χ0) is 8.39. The van der Waals surface area contributed by atoms with Gasteiger partial charge in [-0.1, -0.05) is 12.1 Å². The SMILES string of the molecule is CSc1ccc([C@H]2CCN2)cc1. The molecule has 0 saturated carbocycles. The molecule has 1 aromatic carbocycles. The average Bonchev–Trinajstić information content (AvgIpc) is 2.03. The van der Waals surface area contributed by atoms with Crippen LogP contribution in [-0.4, -0.2) is 12.8 Å². The second-order valence-corrected chi connectivity index (χ2v) is 3.95. The van der Waals surface area contributed by atoms with Crippen LogP contribution in [0.4, 0.5) is 0 Å². The van der Waals surface area contributed by atoms with Gasteiger partial charge in [-0.2, -0.15) is 0 Å². The number of benzene rings is 1. The molecule has 1 aliphatic heterocycles. The summed E-state index contributed by atoms with van der Waals surface area (Å²) in [4.78, 5) is 1.35. The first kappa shape index (κ1) is 8.14. The van der Waals surface area contributed by atoms with Crippen molar-refractivity contribution in [3.63, 3.8) is 0 Å². The summed E-state index contributed by atoms with van der Waals surface area (Å²) in [5.41, 5.74) is 1.43. The molecule has 12 heavy (non-hydrogen) atoms. The zero-order valence-corrected chi connectivity index (χ0v) is 8.03. The van der Waals surface area contributed by atoms with Crippen molar-refractivity contribution in [3.8, 4) is 0 Å². The van der Waals surface area contributed by atoms with Gasteiger partial charge in [0.1, 0.15) is 0 Å². The van der Waals surface area contributed by atoms with Crippen LogP contribution in [0.5, 0.6) is 0 Å². The summed E-state index contributed by atoms with van der Waals surface area (Å²) in [7, 11) is 0. The van der Waals surface area contributed by atoms with Gasteiger partial charge in [-0.15, -0.1) is 11.8 Å². The van der Waals surface area contributed by atoms with E-state index in [-0.39, 0.29) is 0 Å². The maximum atomic E-state index is 3.39. The molecule has 0 bridgehead atoms. The Morgan fingerprint density at radius 1 is 1.33 bits per heavy atom. The minimum Gasteiger partial charge on any atom is -0.310 e. The van der Waals surface area contributed by atoms with Crippen molar-refractivity contribution < 1.29 is 0 Å². The molecule has 0 spiro atoms. The highest BCUT2D eigenvalue weighted by molar-refractivity contribution is 7.98. The molecule has 1 atom stereocenters. The van der Waals surface area contributed by atoms with E-state index < -0.39 is 0 Å². The van der Waals surface area contributed by atoms with Crippen molar-refractivity contribution in [2.75, 3.05) is 12.8 Å². The molecule has 1 nitrogen and oxygen atoms in total. The van der Waals surface area contributed by atoms with Crippen LogP contribution in [0.3, 0.4) is 0 Å². The fourth-order valence-electron chi connectivity index (χ4n) is 1.41. The van der Waals surface area contributed by atoms with Crippen molar-refractivity contribution >= 4 is 11.8 Å². The van der Waals surface area contributed by atoms with Gasteiger partial charge in [0.25, 0.3) is 0 Å². The van der Waals surface area contributed by atoms with Crippen molar-refractivity contribution in [2.24, 2.45) is 0 Å². The fourth-order valence-corrected chi connectivity index (χ4v) is 1.82. The molecule has 1 aliphatic rings. The Morgan fingerprint density at radius 3 is 2.42 bits per heavy atom. The fraction of sp³-hybridized carbons (Fsp3) is 0.400. The summed E-state index contributed by atoms with van der Waals surface area (Å²) >= 11 is 1.79. The molecule has 1 saturated heterocycles. The van der Waals surface area contributed by atoms with Gasteiger partial charge < -0.3 is 5.32 Å². The first-order valence-electron chi connectivity index (χ1n) is 4.27. The minimum atomic E-state index is 0.626. The standard InChI is InChI=1S/C10H13NS/c1-12-9-4-2-8(3-5-9)10-6-7-11-10/h2-5,10-11H,6-7H2,1H3/t10-/m1/s1. The van der Waals surface area contributed by atoms with Gasteiger partial charge in [-0.05, 0) is 36.9 Å². The topological polar surface area (TPSA) is 12.0 Å². The number of thioether (sulfide) groups is 1. The highest BCUT2D eigenvalue weighted by Gasteiger charge is 2.17. The van der Waals surface area contributed by atoms with Gasteiger partial charge in [0.15, 0.2) is 0 Å². The third kappa shape index (κ3) is 1.50. The first-order chi connectivity index (χ1) is 5.90. The quantitative estimate of drug-likeness (QED) is 0.700. The van der Waals surface area contributed by atoms with E-state index in [2.05, 4.69) is 35.8 Å². The van der Waals surface area contributed by atoms with Crippen LogP contribution in [-0.2, 0) is 0 Å². The maximum Gasteiger partial charge on any atom is 0.0332 e. The second kappa shape index (κ2) is 3.50. The van der Waals surface area contributed by atoms with E-state index in [4.69, 9.17) is 0 Å². The molecule has 64 valence electrons. The van der Waals surface area contributed by atoms with E-state index in [0.717, 1.165) is 0 Å². The van der Waals surface area contributed by atoms with E-state index in [1.54, 1.807) is 11.8 Å². The Morgan fingerprint density at radius 2 is 2.00 bits per heavy atom. The summed E-state index contributed by atoms with van der Waals surface area (Å²) in [5, 5.41) is 3.39. The van der Waals surface area contributed by atoms with E-state index in [9.17, 15) is 0 Å². The molecule has 1 aromatic rings. The molecule has 0 radical (unpaired) electrons. The molecule has 0 amide bonds. The van der Waals surface area contributed by atoms with Crippen LogP contribution in [0.15, 0.2) is 29.2 Å². The predicted octanol–water partition coefficient (Wildman–Crippen LogP) is 2.44. The summed E-state index contributed by atoms with van der Waals surface area (Å²) in [6, 6.07) is 9.46. The monoisotopic (exact) mass is 179 g/mol. The molecule has 0 unspecified atom stereocenters. The van der Waals surface area contributed by atoms with Crippen LogP contribution in [0.1, 0.15) is 18.0 Å². The number of nitrogens with one attached hydrogen (secondary N) is 1. The average molecular weight is 179 g/mol. The van der Waals surface area contributed by atoms with E-state index in [1.165, 1.54) is 23.4 Å². The van der Waals surface area contributed by atoms with Gasteiger partial charge in [-0.3, -0.25) is 0 Å². The molecule has 2 rings (SSSR count). The number of hydrogen-bond donors (Lipinski definition) is 1. The second-order valence-electron chi connectivity index (χ2n) is 3.07. The predicted molar refractivity (Wildman–Crippen MR) is 53.6 cm³/mol. The van der Waals surface area contributed by atoms with E-state index in [0.29, 0.717) is 6.04 Å². The Labute approximate surface area is 77.6 Å².